The zero-order valence-corrected chi connectivity index (χ0v) is 8.33. The Morgan fingerprint density at radius 1 is 0.846 bits per heavy atom. The fraction of sp³-hybridized carbons (Fsp3) is 1.00. The Morgan fingerprint density at radius 2 is 1.46 bits per heavy atom. The first-order chi connectivity index (χ1) is 6.41. The summed E-state index contributed by atoms with van der Waals surface area (Å²) in [6.07, 6.45) is 0.867. The maximum atomic E-state index is 8.39. The number of ether oxygens (including phenoxy) is 3. The normalized spacial score (nSPS) is 10.6. The monoisotopic (exact) mass is 192 g/mol. The molecule has 0 bridgehead atoms. The molecule has 13 heavy (non-hydrogen) atoms. The molecule has 0 amide bonds. The fourth-order valence-electron chi connectivity index (χ4n) is 0.794. The van der Waals surface area contributed by atoms with Gasteiger partial charge in [-0.15, -0.1) is 0 Å². The van der Waals surface area contributed by atoms with Crippen LogP contribution in [-0.4, -0.2) is 51.4 Å². The molecule has 0 aromatic heterocycles. The second kappa shape index (κ2) is 11.8. The number of aliphatic hydroxyl groups excluding tert-OH is 1. The van der Waals surface area contributed by atoms with E-state index in [2.05, 4.69) is 0 Å². The van der Waals surface area contributed by atoms with Gasteiger partial charge in [-0.05, 0) is 13.3 Å². The molecule has 4 heteroatoms. The van der Waals surface area contributed by atoms with E-state index in [4.69, 9.17) is 19.3 Å². The summed E-state index contributed by atoms with van der Waals surface area (Å²) >= 11 is 0. The molecule has 0 rings (SSSR count). The topological polar surface area (TPSA) is 47.9 Å². The van der Waals surface area contributed by atoms with E-state index in [0.29, 0.717) is 33.0 Å². The maximum Gasteiger partial charge on any atom is 0.0700 e. The van der Waals surface area contributed by atoms with E-state index in [1.165, 1.54) is 0 Å². The van der Waals surface area contributed by atoms with Crippen molar-refractivity contribution in [2.75, 3.05) is 46.2 Å². The minimum absolute atomic E-state index is 0.0885. The summed E-state index contributed by atoms with van der Waals surface area (Å²) in [6.45, 7) is 5.85. The zero-order valence-electron chi connectivity index (χ0n) is 8.33. The summed E-state index contributed by atoms with van der Waals surface area (Å²) in [5.74, 6) is 0. The second-order valence-corrected chi connectivity index (χ2v) is 2.50. The van der Waals surface area contributed by atoms with E-state index < -0.39 is 0 Å². The molecule has 80 valence electrons. The van der Waals surface area contributed by atoms with Crippen LogP contribution in [0.1, 0.15) is 13.3 Å². The van der Waals surface area contributed by atoms with Gasteiger partial charge in [-0.3, -0.25) is 0 Å². The Hall–Kier alpha value is -0.160. The Kier molecular flexibility index (Phi) is 11.7. The molecular formula is C9H20O4. The van der Waals surface area contributed by atoms with Gasteiger partial charge in [0.1, 0.15) is 0 Å². The lowest BCUT2D eigenvalue weighted by Crippen LogP contribution is -2.07. The van der Waals surface area contributed by atoms with Crippen LogP contribution >= 0.6 is 0 Å². The molecular weight excluding hydrogens is 172 g/mol. The first kappa shape index (κ1) is 12.8. The zero-order chi connectivity index (χ0) is 9.78. The minimum Gasteiger partial charge on any atom is -0.394 e. The average Bonchev–Trinajstić information content (AvgIpc) is 2.16. The average molecular weight is 192 g/mol. The van der Waals surface area contributed by atoms with Crippen molar-refractivity contribution in [3.8, 4) is 0 Å². The van der Waals surface area contributed by atoms with Crippen LogP contribution < -0.4 is 0 Å². The van der Waals surface area contributed by atoms with Crippen LogP contribution in [-0.2, 0) is 14.2 Å². The van der Waals surface area contributed by atoms with Crippen molar-refractivity contribution in [1.29, 1.82) is 0 Å². The van der Waals surface area contributed by atoms with E-state index in [9.17, 15) is 0 Å². The smallest absolute Gasteiger partial charge is 0.0700 e. The van der Waals surface area contributed by atoms with Gasteiger partial charge in [0.05, 0.1) is 26.4 Å². The highest BCUT2D eigenvalue weighted by Crippen LogP contribution is 1.85. The van der Waals surface area contributed by atoms with Crippen molar-refractivity contribution in [3.05, 3.63) is 0 Å². The van der Waals surface area contributed by atoms with Gasteiger partial charge >= 0.3 is 0 Å². The molecule has 4 nitrogen and oxygen atoms in total. The van der Waals surface area contributed by atoms with Gasteiger partial charge in [0, 0.05) is 19.8 Å². The molecule has 0 aliphatic rings. The molecule has 0 fully saturated rings. The Labute approximate surface area is 79.8 Å². The first-order valence-electron chi connectivity index (χ1n) is 4.76. The van der Waals surface area contributed by atoms with Crippen molar-refractivity contribution < 1.29 is 19.3 Å². The molecule has 0 aromatic rings. The molecule has 1 N–H and O–H groups in total. The summed E-state index contributed by atoms with van der Waals surface area (Å²) in [7, 11) is 0. The van der Waals surface area contributed by atoms with E-state index in [1.807, 2.05) is 6.92 Å². The molecule has 0 saturated carbocycles. The summed E-state index contributed by atoms with van der Waals surface area (Å²) in [5, 5.41) is 8.39. The number of hydrogen-bond donors (Lipinski definition) is 1. The highest BCUT2D eigenvalue weighted by molar-refractivity contribution is 4.35. The second-order valence-electron chi connectivity index (χ2n) is 2.50. The van der Waals surface area contributed by atoms with Gasteiger partial charge in [0.15, 0.2) is 0 Å². The van der Waals surface area contributed by atoms with E-state index in [1.54, 1.807) is 0 Å². The Balaban J connectivity index is 2.76. The highest BCUT2D eigenvalue weighted by Gasteiger charge is 1.90. The van der Waals surface area contributed by atoms with Crippen molar-refractivity contribution in [3.63, 3.8) is 0 Å². The summed E-state index contributed by atoms with van der Waals surface area (Å²) in [4.78, 5) is 0. The number of aliphatic hydroxyl groups is 1. The van der Waals surface area contributed by atoms with Crippen LogP contribution in [0.4, 0.5) is 0 Å². The van der Waals surface area contributed by atoms with Gasteiger partial charge in [-0.1, -0.05) is 0 Å². The maximum absolute atomic E-state index is 8.39. The molecule has 0 aromatic carbocycles. The van der Waals surface area contributed by atoms with Crippen molar-refractivity contribution >= 4 is 0 Å². The SMILES string of the molecule is CCOCCOCCCOCCO. The largest absolute Gasteiger partial charge is 0.394 e. The number of rotatable bonds is 10. The van der Waals surface area contributed by atoms with Gasteiger partial charge in [0.2, 0.25) is 0 Å². The lowest BCUT2D eigenvalue weighted by Gasteiger charge is -2.04. The van der Waals surface area contributed by atoms with Gasteiger partial charge in [0.25, 0.3) is 0 Å². The molecule has 0 unspecified atom stereocenters. The first-order valence-corrected chi connectivity index (χ1v) is 4.76. The Bertz CT molecular complexity index is 77.7. The minimum atomic E-state index is 0.0885. The van der Waals surface area contributed by atoms with E-state index >= 15 is 0 Å². The Morgan fingerprint density at radius 3 is 2.08 bits per heavy atom. The van der Waals surface area contributed by atoms with Crippen molar-refractivity contribution in [2.45, 2.75) is 13.3 Å². The van der Waals surface area contributed by atoms with Crippen LogP contribution in [0.5, 0.6) is 0 Å². The fourth-order valence-corrected chi connectivity index (χ4v) is 0.794. The molecule has 0 saturated heterocycles. The van der Waals surface area contributed by atoms with Crippen molar-refractivity contribution in [1.82, 2.24) is 0 Å². The van der Waals surface area contributed by atoms with Gasteiger partial charge < -0.3 is 19.3 Å². The van der Waals surface area contributed by atoms with E-state index in [0.717, 1.165) is 13.0 Å². The summed E-state index contributed by atoms with van der Waals surface area (Å²) in [6, 6.07) is 0. The number of hydrogen-bond acceptors (Lipinski definition) is 4. The predicted molar refractivity (Wildman–Crippen MR) is 49.8 cm³/mol. The van der Waals surface area contributed by atoms with E-state index in [-0.39, 0.29) is 6.61 Å². The van der Waals surface area contributed by atoms with Crippen LogP contribution in [0.3, 0.4) is 0 Å². The predicted octanol–water partition coefficient (Wildman–Crippen LogP) is 0.439. The molecule has 0 aliphatic carbocycles. The standard InChI is InChI=1S/C9H20O4/c1-2-11-8-9-13-6-3-5-12-7-4-10/h10H,2-9H2,1H3. The molecule has 0 radical (unpaired) electrons. The van der Waals surface area contributed by atoms with Crippen molar-refractivity contribution in [2.24, 2.45) is 0 Å². The molecule has 0 heterocycles. The van der Waals surface area contributed by atoms with Crippen LogP contribution in [0.2, 0.25) is 0 Å². The van der Waals surface area contributed by atoms with Crippen LogP contribution in [0.25, 0.3) is 0 Å². The third kappa shape index (κ3) is 11.8. The summed E-state index contributed by atoms with van der Waals surface area (Å²) < 4.78 is 15.4. The highest BCUT2D eigenvalue weighted by atomic mass is 16.5. The van der Waals surface area contributed by atoms with Gasteiger partial charge in [-0.2, -0.15) is 0 Å². The molecule has 0 spiro atoms. The quantitative estimate of drug-likeness (QED) is 0.510. The lowest BCUT2D eigenvalue weighted by atomic mass is 10.5. The third-order valence-corrected chi connectivity index (χ3v) is 1.39. The summed E-state index contributed by atoms with van der Waals surface area (Å²) in [5.41, 5.74) is 0. The molecule has 0 atom stereocenters. The molecule has 0 aliphatic heterocycles. The lowest BCUT2D eigenvalue weighted by molar-refractivity contribution is 0.0345. The van der Waals surface area contributed by atoms with Crippen LogP contribution in [0, 0.1) is 0 Å². The van der Waals surface area contributed by atoms with Crippen LogP contribution in [0.15, 0.2) is 0 Å². The third-order valence-electron chi connectivity index (χ3n) is 1.39. The van der Waals surface area contributed by atoms with Gasteiger partial charge in [-0.25, -0.2) is 0 Å².